The molecule has 1 aliphatic heterocycles. The molecule has 1 saturated heterocycles. The summed E-state index contributed by atoms with van der Waals surface area (Å²) in [4.78, 5) is 4.05. The summed E-state index contributed by atoms with van der Waals surface area (Å²) in [6.07, 6.45) is 3.58. The summed E-state index contributed by atoms with van der Waals surface area (Å²) < 4.78 is 0. The number of nitriles is 1. The third-order valence-electron chi connectivity index (χ3n) is 2.53. The Kier molecular flexibility index (Phi) is 2.35. The van der Waals surface area contributed by atoms with E-state index in [1.807, 2.05) is 4.90 Å². The fraction of sp³-hybridized carbons (Fsp3) is 0.875. The zero-order chi connectivity index (χ0) is 8.43. The fourth-order valence-electron chi connectivity index (χ4n) is 1.48. The Balaban J connectivity index is 2.65. The van der Waals surface area contributed by atoms with E-state index in [2.05, 4.69) is 32.0 Å². The number of rotatable bonds is 0. The van der Waals surface area contributed by atoms with Gasteiger partial charge in [-0.1, -0.05) is 0 Å². The minimum atomic E-state index is 0.267. The van der Waals surface area contributed by atoms with Gasteiger partial charge in [-0.3, -0.25) is 9.80 Å². The molecule has 0 bridgehead atoms. The molecular weight excluding hydrogens is 138 g/mol. The smallest absolute Gasteiger partial charge is 0.180 e. The Morgan fingerprint density at radius 2 is 2.09 bits per heavy atom. The van der Waals surface area contributed by atoms with Crippen LogP contribution in [0.4, 0.5) is 0 Å². The van der Waals surface area contributed by atoms with Crippen LogP contribution >= 0.6 is 0 Å². The molecule has 0 amide bonds. The number of nitrogens with zero attached hydrogens (tertiary/aromatic N) is 3. The molecule has 0 radical (unpaired) electrons. The molecule has 0 aromatic carbocycles. The lowest BCUT2D eigenvalue weighted by Crippen LogP contribution is -2.52. The Morgan fingerprint density at radius 1 is 1.45 bits per heavy atom. The monoisotopic (exact) mass is 153 g/mol. The third kappa shape index (κ3) is 1.46. The highest BCUT2D eigenvalue weighted by molar-refractivity contribution is 4.88. The van der Waals surface area contributed by atoms with E-state index in [1.54, 1.807) is 0 Å². The standard InChI is InChI=1S/C8H15N3/c1-7-4-5-10(3)8(2)11(7)6-9/h7-8H,4-5H2,1-3H3. The van der Waals surface area contributed by atoms with E-state index < -0.39 is 0 Å². The van der Waals surface area contributed by atoms with Crippen LogP contribution in [-0.2, 0) is 0 Å². The molecule has 0 aromatic heterocycles. The molecule has 1 aliphatic rings. The van der Waals surface area contributed by atoms with Gasteiger partial charge in [-0.05, 0) is 27.3 Å². The molecule has 2 atom stereocenters. The third-order valence-corrected chi connectivity index (χ3v) is 2.53. The summed E-state index contributed by atoms with van der Waals surface area (Å²) in [5.74, 6) is 0. The van der Waals surface area contributed by atoms with Crippen LogP contribution in [0, 0.1) is 11.5 Å². The van der Waals surface area contributed by atoms with Gasteiger partial charge in [0.25, 0.3) is 0 Å². The van der Waals surface area contributed by atoms with Crippen molar-refractivity contribution in [2.24, 2.45) is 0 Å². The van der Waals surface area contributed by atoms with Crippen LogP contribution in [0.15, 0.2) is 0 Å². The maximum atomic E-state index is 8.80. The van der Waals surface area contributed by atoms with Crippen molar-refractivity contribution in [3.05, 3.63) is 0 Å². The number of hydrogen-bond donors (Lipinski definition) is 0. The summed E-state index contributed by atoms with van der Waals surface area (Å²) in [6.45, 7) is 5.27. The van der Waals surface area contributed by atoms with Crippen molar-refractivity contribution in [2.45, 2.75) is 32.5 Å². The second kappa shape index (κ2) is 3.10. The zero-order valence-electron chi connectivity index (χ0n) is 7.41. The normalized spacial score (nSPS) is 33.5. The average molecular weight is 153 g/mol. The molecule has 2 unspecified atom stereocenters. The molecule has 1 heterocycles. The molecule has 62 valence electrons. The first-order chi connectivity index (χ1) is 5.16. The topological polar surface area (TPSA) is 30.3 Å². The molecule has 3 heteroatoms. The minimum absolute atomic E-state index is 0.267. The molecule has 0 aromatic rings. The van der Waals surface area contributed by atoms with Crippen LogP contribution in [-0.4, -0.2) is 35.6 Å². The molecule has 0 N–H and O–H groups in total. The number of hydrogen-bond acceptors (Lipinski definition) is 3. The van der Waals surface area contributed by atoms with Gasteiger partial charge >= 0.3 is 0 Å². The van der Waals surface area contributed by atoms with E-state index in [4.69, 9.17) is 5.26 Å². The highest BCUT2D eigenvalue weighted by Crippen LogP contribution is 2.16. The van der Waals surface area contributed by atoms with E-state index in [0.717, 1.165) is 13.0 Å². The lowest BCUT2D eigenvalue weighted by molar-refractivity contribution is 0.0428. The Hall–Kier alpha value is -0.750. The van der Waals surface area contributed by atoms with E-state index in [-0.39, 0.29) is 6.17 Å². The van der Waals surface area contributed by atoms with Gasteiger partial charge in [0.15, 0.2) is 6.19 Å². The van der Waals surface area contributed by atoms with Gasteiger partial charge in [0.2, 0.25) is 0 Å². The van der Waals surface area contributed by atoms with E-state index in [9.17, 15) is 0 Å². The summed E-state index contributed by atoms with van der Waals surface area (Å²) in [7, 11) is 2.06. The molecule has 0 spiro atoms. The maximum Gasteiger partial charge on any atom is 0.180 e. The van der Waals surface area contributed by atoms with Crippen LogP contribution in [0.25, 0.3) is 0 Å². The summed E-state index contributed by atoms with van der Waals surface area (Å²) >= 11 is 0. The Bertz CT molecular complexity index is 173. The van der Waals surface area contributed by atoms with Gasteiger partial charge in [0.05, 0.1) is 6.17 Å². The van der Waals surface area contributed by atoms with Crippen molar-refractivity contribution in [3.63, 3.8) is 0 Å². The predicted molar refractivity (Wildman–Crippen MR) is 43.6 cm³/mol. The van der Waals surface area contributed by atoms with Crippen molar-refractivity contribution in [3.8, 4) is 6.19 Å². The second-order valence-corrected chi connectivity index (χ2v) is 3.26. The van der Waals surface area contributed by atoms with Crippen LogP contribution < -0.4 is 0 Å². The summed E-state index contributed by atoms with van der Waals surface area (Å²) in [6, 6.07) is 0.409. The predicted octanol–water partition coefficient (Wildman–Crippen LogP) is 0.839. The molecule has 11 heavy (non-hydrogen) atoms. The molecular formula is C8H15N3. The summed E-state index contributed by atoms with van der Waals surface area (Å²) in [5, 5.41) is 8.80. The highest BCUT2D eigenvalue weighted by Gasteiger charge is 2.26. The molecule has 0 aliphatic carbocycles. The highest BCUT2D eigenvalue weighted by atomic mass is 15.4. The first kappa shape index (κ1) is 8.35. The average Bonchev–Trinajstić information content (AvgIpc) is 1.99. The minimum Gasteiger partial charge on any atom is -0.292 e. The van der Waals surface area contributed by atoms with Gasteiger partial charge in [-0.15, -0.1) is 0 Å². The van der Waals surface area contributed by atoms with Gasteiger partial charge in [0, 0.05) is 12.6 Å². The molecule has 1 rings (SSSR count). The molecule has 1 fully saturated rings. The molecule has 0 saturated carbocycles. The van der Waals surface area contributed by atoms with Crippen molar-refractivity contribution in [1.29, 1.82) is 5.26 Å². The first-order valence-electron chi connectivity index (χ1n) is 4.05. The van der Waals surface area contributed by atoms with E-state index in [1.165, 1.54) is 0 Å². The maximum absolute atomic E-state index is 8.80. The van der Waals surface area contributed by atoms with Crippen molar-refractivity contribution < 1.29 is 0 Å². The quantitative estimate of drug-likeness (QED) is 0.483. The van der Waals surface area contributed by atoms with Gasteiger partial charge in [-0.25, -0.2) is 0 Å². The largest absolute Gasteiger partial charge is 0.292 e. The van der Waals surface area contributed by atoms with Gasteiger partial charge in [-0.2, -0.15) is 5.26 Å². The van der Waals surface area contributed by atoms with E-state index in [0.29, 0.717) is 6.04 Å². The fourth-order valence-corrected chi connectivity index (χ4v) is 1.48. The lowest BCUT2D eigenvalue weighted by atomic mass is 10.1. The zero-order valence-corrected chi connectivity index (χ0v) is 7.41. The van der Waals surface area contributed by atoms with Crippen molar-refractivity contribution in [2.75, 3.05) is 13.6 Å². The van der Waals surface area contributed by atoms with Crippen LogP contribution in [0.5, 0.6) is 0 Å². The Labute approximate surface area is 68.2 Å². The van der Waals surface area contributed by atoms with Gasteiger partial charge < -0.3 is 0 Å². The summed E-state index contributed by atoms with van der Waals surface area (Å²) in [5.41, 5.74) is 0. The van der Waals surface area contributed by atoms with Gasteiger partial charge in [0.1, 0.15) is 0 Å². The molecule has 3 nitrogen and oxygen atoms in total. The Morgan fingerprint density at radius 3 is 2.55 bits per heavy atom. The lowest BCUT2D eigenvalue weighted by Gasteiger charge is -2.40. The van der Waals surface area contributed by atoms with Crippen LogP contribution in [0.3, 0.4) is 0 Å². The SMILES string of the molecule is CC1CCN(C)C(C)N1C#N. The van der Waals surface area contributed by atoms with Crippen LogP contribution in [0.1, 0.15) is 20.3 Å². The van der Waals surface area contributed by atoms with Crippen LogP contribution in [0.2, 0.25) is 0 Å². The van der Waals surface area contributed by atoms with Crippen molar-refractivity contribution >= 4 is 0 Å². The van der Waals surface area contributed by atoms with E-state index >= 15 is 0 Å². The first-order valence-corrected chi connectivity index (χ1v) is 4.05. The van der Waals surface area contributed by atoms with Crippen molar-refractivity contribution in [1.82, 2.24) is 9.80 Å². The second-order valence-electron chi connectivity index (χ2n) is 3.26.